The number of unbranched alkanes of at least 4 members (excludes halogenated alkanes) is 3. The van der Waals surface area contributed by atoms with E-state index in [2.05, 4.69) is 17.1 Å². The van der Waals surface area contributed by atoms with Gasteiger partial charge in [-0.3, -0.25) is 11.3 Å². The van der Waals surface area contributed by atoms with E-state index >= 15 is 0 Å². The highest BCUT2D eigenvalue weighted by molar-refractivity contribution is 4.40. The fraction of sp³-hybridized carbons (Fsp3) is 1.00. The first-order chi connectivity index (χ1) is 7.33. The maximum atomic E-state index is 8.09. The van der Waals surface area contributed by atoms with Gasteiger partial charge in [-0.15, -0.1) is 0 Å². The van der Waals surface area contributed by atoms with E-state index in [9.17, 15) is 0 Å². The number of hydrazine groups is 1. The molecule has 0 saturated heterocycles. The van der Waals surface area contributed by atoms with Gasteiger partial charge in [0, 0.05) is 6.54 Å². The van der Waals surface area contributed by atoms with Crippen LogP contribution < -0.4 is 11.3 Å². The highest BCUT2D eigenvalue weighted by Gasteiger charge is 1.82. The molecule has 0 aromatic rings. The van der Waals surface area contributed by atoms with E-state index < -0.39 is 0 Å². The summed E-state index contributed by atoms with van der Waals surface area (Å²) in [4.78, 5) is 0. The lowest BCUT2D eigenvalue weighted by Crippen LogP contribution is -2.22. The van der Waals surface area contributed by atoms with Crippen LogP contribution in [0.4, 0.5) is 0 Å². The summed E-state index contributed by atoms with van der Waals surface area (Å²) in [7, 11) is 0. The first kappa shape index (κ1) is 17.2. The zero-order chi connectivity index (χ0) is 11.8. The van der Waals surface area contributed by atoms with Gasteiger partial charge in [-0.2, -0.15) is 0 Å². The third-order valence-electron chi connectivity index (χ3n) is 1.65. The smallest absolute Gasteiger partial charge is 0.0698 e. The van der Waals surface area contributed by atoms with Crippen LogP contribution in [0, 0.1) is 0 Å². The number of nitrogens with one attached hydrogen (secondary N) is 1. The molecule has 0 amide bonds. The molecule has 15 heavy (non-hydrogen) atoms. The largest absolute Gasteiger partial charge is 0.394 e. The molecule has 5 N–H and O–H groups in total. The minimum absolute atomic E-state index is 0.0278. The van der Waals surface area contributed by atoms with Gasteiger partial charge in [0.05, 0.1) is 26.4 Å². The molecule has 0 aromatic carbocycles. The molecular formula is C10H26N2O3. The fourth-order valence-electron chi connectivity index (χ4n) is 0.885. The SMILES string of the molecule is CCCCCCNN.OCCOCCO. The van der Waals surface area contributed by atoms with Crippen molar-refractivity contribution in [3.8, 4) is 0 Å². The van der Waals surface area contributed by atoms with Crippen molar-refractivity contribution in [2.75, 3.05) is 33.0 Å². The third kappa shape index (κ3) is 24.8. The van der Waals surface area contributed by atoms with Gasteiger partial charge in [-0.1, -0.05) is 26.2 Å². The molecule has 0 spiro atoms. The van der Waals surface area contributed by atoms with Gasteiger partial charge in [0.15, 0.2) is 0 Å². The summed E-state index contributed by atoms with van der Waals surface area (Å²) < 4.78 is 4.63. The van der Waals surface area contributed by atoms with E-state index in [1.165, 1.54) is 25.7 Å². The van der Waals surface area contributed by atoms with Gasteiger partial charge in [0.1, 0.15) is 0 Å². The second-order valence-electron chi connectivity index (χ2n) is 3.07. The van der Waals surface area contributed by atoms with Gasteiger partial charge in [0.25, 0.3) is 0 Å². The number of nitrogens with two attached hydrogens (primary N) is 1. The predicted molar refractivity (Wildman–Crippen MR) is 61.3 cm³/mol. The summed E-state index contributed by atoms with van der Waals surface area (Å²) in [6, 6.07) is 0. The van der Waals surface area contributed by atoms with E-state index in [1.54, 1.807) is 0 Å². The molecule has 0 radical (unpaired) electrons. The van der Waals surface area contributed by atoms with Crippen LogP contribution in [-0.4, -0.2) is 43.2 Å². The Morgan fingerprint density at radius 3 is 2.07 bits per heavy atom. The molecule has 0 saturated carbocycles. The van der Waals surface area contributed by atoms with E-state index in [-0.39, 0.29) is 13.2 Å². The number of rotatable bonds is 9. The van der Waals surface area contributed by atoms with Crippen LogP contribution in [0.15, 0.2) is 0 Å². The Kier molecular flexibility index (Phi) is 22.2. The number of ether oxygens (including phenoxy) is 1. The van der Waals surface area contributed by atoms with Gasteiger partial charge >= 0.3 is 0 Å². The standard InChI is InChI=1S/C6H16N2.C4H10O3/c1-2-3-4-5-6-8-7;5-1-3-7-4-2-6/h8H,2-7H2,1H3;5-6H,1-4H2. The Labute approximate surface area is 92.6 Å². The zero-order valence-corrected chi connectivity index (χ0v) is 9.74. The topological polar surface area (TPSA) is 87.7 Å². The molecule has 0 aromatic heterocycles. The highest BCUT2D eigenvalue weighted by atomic mass is 16.5. The molecule has 0 aliphatic rings. The summed E-state index contributed by atoms with van der Waals surface area (Å²) >= 11 is 0. The summed E-state index contributed by atoms with van der Waals surface area (Å²) in [6.07, 6.45) is 5.15. The van der Waals surface area contributed by atoms with Crippen molar-refractivity contribution >= 4 is 0 Å². The predicted octanol–water partition coefficient (Wildman–Crippen LogP) is 0.0176. The van der Waals surface area contributed by atoms with Crippen LogP contribution in [0.3, 0.4) is 0 Å². The van der Waals surface area contributed by atoms with Gasteiger partial charge < -0.3 is 14.9 Å². The Balaban J connectivity index is 0. The van der Waals surface area contributed by atoms with E-state index in [4.69, 9.17) is 16.1 Å². The number of aliphatic hydroxyl groups is 2. The Hall–Kier alpha value is -0.200. The molecule has 0 rings (SSSR count). The van der Waals surface area contributed by atoms with Crippen LogP contribution in [-0.2, 0) is 4.74 Å². The van der Waals surface area contributed by atoms with Gasteiger partial charge in [0.2, 0.25) is 0 Å². The van der Waals surface area contributed by atoms with E-state index in [0.717, 1.165) is 6.54 Å². The Bertz CT molecular complexity index is 84.7. The lowest BCUT2D eigenvalue weighted by atomic mass is 10.2. The molecule has 0 fully saturated rings. The number of aliphatic hydroxyl groups excluding tert-OH is 2. The normalized spacial score (nSPS) is 9.60. The highest BCUT2D eigenvalue weighted by Crippen LogP contribution is 1.95. The van der Waals surface area contributed by atoms with Crippen molar-refractivity contribution in [1.82, 2.24) is 5.43 Å². The van der Waals surface area contributed by atoms with E-state index in [1.807, 2.05) is 0 Å². The average Bonchev–Trinajstić information content (AvgIpc) is 2.26. The summed E-state index contributed by atoms with van der Waals surface area (Å²) in [6.45, 7) is 3.86. The molecule has 5 heteroatoms. The Morgan fingerprint density at radius 2 is 1.67 bits per heavy atom. The second kappa shape index (κ2) is 19.4. The van der Waals surface area contributed by atoms with Crippen LogP contribution in [0.25, 0.3) is 0 Å². The van der Waals surface area contributed by atoms with Crippen molar-refractivity contribution in [2.45, 2.75) is 32.6 Å². The van der Waals surface area contributed by atoms with Gasteiger partial charge in [-0.05, 0) is 6.42 Å². The summed E-state index contributed by atoms with van der Waals surface area (Å²) in [5.74, 6) is 5.06. The van der Waals surface area contributed by atoms with Crippen LogP contribution in [0.1, 0.15) is 32.6 Å². The summed E-state index contributed by atoms with van der Waals surface area (Å²) in [5, 5.41) is 16.2. The molecule has 94 valence electrons. The van der Waals surface area contributed by atoms with Crippen LogP contribution in [0.2, 0.25) is 0 Å². The molecule has 0 aliphatic carbocycles. The zero-order valence-electron chi connectivity index (χ0n) is 9.74. The van der Waals surface area contributed by atoms with Crippen molar-refractivity contribution in [3.05, 3.63) is 0 Å². The maximum Gasteiger partial charge on any atom is 0.0698 e. The van der Waals surface area contributed by atoms with Crippen molar-refractivity contribution in [2.24, 2.45) is 5.84 Å². The number of hydrogen-bond donors (Lipinski definition) is 4. The Morgan fingerprint density at radius 1 is 1.07 bits per heavy atom. The summed E-state index contributed by atoms with van der Waals surface area (Å²) in [5.41, 5.74) is 2.63. The molecular weight excluding hydrogens is 196 g/mol. The molecule has 0 aliphatic heterocycles. The van der Waals surface area contributed by atoms with Crippen LogP contribution >= 0.6 is 0 Å². The first-order valence-electron chi connectivity index (χ1n) is 5.56. The van der Waals surface area contributed by atoms with E-state index in [0.29, 0.717) is 13.2 Å². The van der Waals surface area contributed by atoms with Crippen molar-refractivity contribution < 1.29 is 14.9 Å². The van der Waals surface area contributed by atoms with Crippen molar-refractivity contribution in [1.29, 1.82) is 0 Å². The minimum Gasteiger partial charge on any atom is -0.394 e. The van der Waals surface area contributed by atoms with Crippen molar-refractivity contribution in [3.63, 3.8) is 0 Å². The number of hydrogen-bond acceptors (Lipinski definition) is 5. The molecule has 0 heterocycles. The third-order valence-corrected chi connectivity index (χ3v) is 1.65. The first-order valence-corrected chi connectivity index (χ1v) is 5.56. The van der Waals surface area contributed by atoms with Crippen LogP contribution in [0.5, 0.6) is 0 Å². The minimum atomic E-state index is 0.0278. The molecule has 0 unspecified atom stereocenters. The lowest BCUT2D eigenvalue weighted by Gasteiger charge is -1.95. The lowest BCUT2D eigenvalue weighted by molar-refractivity contribution is 0.0650. The molecule has 5 nitrogen and oxygen atoms in total. The van der Waals surface area contributed by atoms with Gasteiger partial charge in [-0.25, -0.2) is 0 Å². The molecule has 0 bridgehead atoms. The second-order valence-corrected chi connectivity index (χ2v) is 3.07. The average molecular weight is 222 g/mol. The quantitative estimate of drug-likeness (QED) is 0.251. The molecule has 0 atom stereocenters. The fourth-order valence-corrected chi connectivity index (χ4v) is 0.885. The maximum absolute atomic E-state index is 8.09. The monoisotopic (exact) mass is 222 g/mol.